The van der Waals surface area contributed by atoms with Crippen molar-refractivity contribution in [3.8, 4) is 0 Å². The number of amides is 1. The highest BCUT2D eigenvalue weighted by Gasteiger charge is 2.48. The fraction of sp³-hybridized carbons (Fsp3) is 0.412. The number of nitrogens with one attached hydrogen (secondary N) is 1. The Morgan fingerprint density at radius 1 is 1.09 bits per heavy atom. The van der Waals surface area contributed by atoms with Crippen LogP contribution in [0.5, 0.6) is 0 Å². The predicted octanol–water partition coefficient (Wildman–Crippen LogP) is 0.879. The largest absolute Gasteiger partial charge is 0.550 e. The molecule has 5 nitrogen and oxygen atoms in total. The van der Waals surface area contributed by atoms with Crippen LogP contribution >= 0.6 is 0 Å². The Hall–Kier alpha value is -2.30. The number of allylic oxidation sites excluding steroid dienone is 2. The molecule has 1 aromatic carbocycles. The highest BCUT2D eigenvalue weighted by atomic mass is 16.4. The van der Waals surface area contributed by atoms with Gasteiger partial charge in [-0.15, -0.1) is 0 Å². The number of carbonyl (C=O) groups is 2. The lowest BCUT2D eigenvalue weighted by Gasteiger charge is -2.27. The number of hydrogen-bond acceptors (Lipinski definition) is 4. The van der Waals surface area contributed by atoms with E-state index in [0.717, 1.165) is 12.1 Å². The Morgan fingerprint density at radius 3 is 2.23 bits per heavy atom. The molecule has 5 heteroatoms. The number of fused-ring (bicyclic) bond motifs is 2. The third kappa shape index (κ3) is 2.47. The molecule has 0 aliphatic heterocycles. The summed E-state index contributed by atoms with van der Waals surface area (Å²) in [5.74, 6) is -2.66. The summed E-state index contributed by atoms with van der Waals surface area (Å²) in [4.78, 5) is 25.8. The maximum absolute atomic E-state index is 12.5. The van der Waals surface area contributed by atoms with Crippen LogP contribution < -0.4 is 15.3 Å². The first-order chi connectivity index (χ1) is 10.5. The Labute approximate surface area is 129 Å². The van der Waals surface area contributed by atoms with Crippen LogP contribution in [0.4, 0.5) is 11.4 Å². The summed E-state index contributed by atoms with van der Waals surface area (Å²) in [5, 5.41) is 14.2. The molecular weight excluding hydrogens is 280 g/mol. The maximum Gasteiger partial charge on any atom is 0.228 e. The maximum atomic E-state index is 12.5. The minimum Gasteiger partial charge on any atom is -0.550 e. The van der Waals surface area contributed by atoms with Gasteiger partial charge in [0.15, 0.2) is 0 Å². The molecule has 2 aliphatic carbocycles. The second-order valence-electron chi connectivity index (χ2n) is 6.25. The van der Waals surface area contributed by atoms with Crippen molar-refractivity contribution in [2.75, 3.05) is 24.3 Å². The predicted molar refractivity (Wildman–Crippen MR) is 82.1 cm³/mol. The lowest BCUT2D eigenvalue weighted by atomic mass is 9.82. The fourth-order valence-corrected chi connectivity index (χ4v) is 3.57. The minimum atomic E-state index is -1.13. The van der Waals surface area contributed by atoms with Crippen molar-refractivity contribution in [2.45, 2.75) is 6.42 Å². The Bertz CT molecular complexity index is 621. The second-order valence-corrected chi connectivity index (χ2v) is 6.25. The summed E-state index contributed by atoms with van der Waals surface area (Å²) in [7, 11) is 3.89. The van der Waals surface area contributed by atoms with Crippen molar-refractivity contribution in [3.05, 3.63) is 36.4 Å². The third-order valence-corrected chi connectivity index (χ3v) is 4.69. The molecule has 0 aromatic heterocycles. The summed E-state index contributed by atoms with van der Waals surface area (Å²) in [6.45, 7) is 0. The number of rotatable bonds is 4. The van der Waals surface area contributed by atoms with Gasteiger partial charge in [-0.2, -0.15) is 0 Å². The van der Waals surface area contributed by atoms with Gasteiger partial charge in [-0.3, -0.25) is 4.79 Å². The molecule has 2 bridgehead atoms. The fourth-order valence-electron chi connectivity index (χ4n) is 3.57. The van der Waals surface area contributed by atoms with Crippen LogP contribution in [0.1, 0.15) is 6.42 Å². The molecule has 4 atom stereocenters. The smallest absolute Gasteiger partial charge is 0.228 e. The minimum absolute atomic E-state index is 0.00829. The van der Waals surface area contributed by atoms with E-state index >= 15 is 0 Å². The quantitative estimate of drug-likeness (QED) is 0.838. The first-order valence-electron chi connectivity index (χ1n) is 7.45. The molecule has 3 rings (SSSR count). The van der Waals surface area contributed by atoms with Crippen molar-refractivity contribution in [2.24, 2.45) is 23.7 Å². The molecule has 0 unspecified atom stereocenters. The van der Waals surface area contributed by atoms with E-state index in [9.17, 15) is 14.7 Å². The lowest BCUT2D eigenvalue weighted by Crippen LogP contribution is -2.42. The van der Waals surface area contributed by atoms with Crippen molar-refractivity contribution < 1.29 is 14.7 Å². The molecule has 0 radical (unpaired) electrons. The van der Waals surface area contributed by atoms with E-state index in [0.29, 0.717) is 5.69 Å². The third-order valence-electron chi connectivity index (χ3n) is 4.69. The second kappa shape index (κ2) is 5.48. The SMILES string of the molecule is CN(C)c1ccc(NC(=O)[C@@H]2[C@@H](C(=O)[O-])[C@H]3C=C[C@@H]2C3)cc1. The molecule has 22 heavy (non-hydrogen) atoms. The van der Waals surface area contributed by atoms with E-state index in [4.69, 9.17) is 0 Å². The molecule has 1 amide bonds. The van der Waals surface area contributed by atoms with E-state index in [2.05, 4.69) is 5.32 Å². The van der Waals surface area contributed by atoms with Gasteiger partial charge >= 0.3 is 0 Å². The van der Waals surface area contributed by atoms with E-state index in [1.807, 2.05) is 55.4 Å². The van der Waals surface area contributed by atoms with Gasteiger partial charge in [0.25, 0.3) is 0 Å². The molecule has 0 heterocycles. The number of carbonyl (C=O) groups excluding carboxylic acids is 2. The molecule has 2 aliphatic rings. The number of carboxylic acids is 1. The standard InChI is InChI=1S/C17H20N2O3/c1-19(2)13-7-5-12(6-8-13)18-16(20)14-10-3-4-11(9-10)15(14)17(21)22/h3-8,10-11,14-15H,9H2,1-2H3,(H,18,20)(H,21,22)/p-1/t10-,11+,14+,15+/m1/s1. The van der Waals surface area contributed by atoms with Crippen molar-refractivity contribution >= 4 is 23.3 Å². The van der Waals surface area contributed by atoms with Gasteiger partial charge in [0.2, 0.25) is 5.91 Å². The first-order valence-corrected chi connectivity index (χ1v) is 7.45. The number of anilines is 2. The zero-order chi connectivity index (χ0) is 15.9. The van der Waals surface area contributed by atoms with Crippen molar-refractivity contribution in [1.82, 2.24) is 0 Å². The highest BCUT2D eigenvalue weighted by Crippen LogP contribution is 2.48. The van der Waals surface area contributed by atoms with Gasteiger partial charge in [-0.25, -0.2) is 0 Å². The van der Waals surface area contributed by atoms with Crippen LogP contribution in [0.2, 0.25) is 0 Å². The number of benzene rings is 1. The molecule has 0 saturated heterocycles. The first kappa shape index (κ1) is 14.6. The molecule has 1 N–H and O–H groups in total. The van der Waals surface area contributed by atoms with Gasteiger partial charge in [-0.1, -0.05) is 12.2 Å². The highest BCUT2D eigenvalue weighted by molar-refractivity contribution is 5.96. The van der Waals surface area contributed by atoms with Crippen molar-refractivity contribution in [3.63, 3.8) is 0 Å². The van der Waals surface area contributed by atoms with Gasteiger partial charge in [0.1, 0.15) is 0 Å². The molecule has 1 fully saturated rings. The number of nitrogens with zero attached hydrogens (tertiary/aromatic N) is 1. The normalized spacial score (nSPS) is 28.6. The Morgan fingerprint density at radius 2 is 1.68 bits per heavy atom. The van der Waals surface area contributed by atoms with Gasteiger partial charge in [-0.05, 0) is 42.5 Å². The van der Waals surface area contributed by atoms with Crippen LogP contribution in [0, 0.1) is 23.7 Å². The molecular formula is C17H19N2O3-. The van der Waals surface area contributed by atoms with Gasteiger partial charge < -0.3 is 20.1 Å². The van der Waals surface area contributed by atoms with E-state index in [1.54, 1.807) is 0 Å². The zero-order valence-electron chi connectivity index (χ0n) is 12.7. The van der Waals surface area contributed by atoms with E-state index in [-0.39, 0.29) is 17.7 Å². The summed E-state index contributed by atoms with van der Waals surface area (Å²) in [6, 6.07) is 7.47. The summed E-state index contributed by atoms with van der Waals surface area (Å²) >= 11 is 0. The number of carboxylic acid groups (broad SMARTS) is 1. The topological polar surface area (TPSA) is 72.5 Å². The lowest BCUT2D eigenvalue weighted by molar-refractivity contribution is -0.313. The molecule has 1 aromatic rings. The molecule has 1 saturated carbocycles. The monoisotopic (exact) mass is 299 g/mol. The van der Waals surface area contributed by atoms with E-state index in [1.165, 1.54) is 0 Å². The van der Waals surface area contributed by atoms with Crippen LogP contribution in [0.25, 0.3) is 0 Å². The van der Waals surface area contributed by atoms with Crippen LogP contribution in [0.15, 0.2) is 36.4 Å². The van der Waals surface area contributed by atoms with Crippen molar-refractivity contribution in [1.29, 1.82) is 0 Å². The van der Waals surface area contributed by atoms with E-state index < -0.39 is 17.8 Å². The molecule has 116 valence electrons. The van der Waals surface area contributed by atoms with Gasteiger partial charge in [0.05, 0.1) is 5.92 Å². The average Bonchev–Trinajstić information content (AvgIpc) is 3.08. The summed E-state index contributed by atoms with van der Waals surface area (Å²) in [5.41, 5.74) is 1.72. The summed E-state index contributed by atoms with van der Waals surface area (Å²) in [6.07, 6.45) is 4.60. The Balaban J connectivity index is 1.74. The Kier molecular flexibility index (Phi) is 3.64. The molecule has 0 spiro atoms. The summed E-state index contributed by atoms with van der Waals surface area (Å²) < 4.78 is 0. The number of aliphatic carboxylic acids is 1. The zero-order valence-corrected chi connectivity index (χ0v) is 12.7. The van der Waals surface area contributed by atoms with Crippen LogP contribution in [-0.4, -0.2) is 26.0 Å². The van der Waals surface area contributed by atoms with Crippen LogP contribution in [-0.2, 0) is 9.59 Å². The van der Waals surface area contributed by atoms with Crippen LogP contribution in [0.3, 0.4) is 0 Å². The number of hydrogen-bond donors (Lipinski definition) is 1. The van der Waals surface area contributed by atoms with Gasteiger partial charge in [0, 0.05) is 37.4 Å². The average molecular weight is 299 g/mol.